The first-order chi connectivity index (χ1) is 12.7. The lowest BCUT2D eigenvalue weighted by Crippen LogP contribution is -2.06. The van der Waals surface area contributed by atoms with E-state index in [1.54, 1.807) is 6.20 Å². The van der Waals surface area contributed by atoms with Gasteiger partial charge in [0.1, 0.15) is 0 Å². The molecular weight excluding hydrogens is 379 g/mol. The number of aromatic nitrogens is 1. The molecule has 1 aromatic heterocycles. The molecule has 0 bridgehead atoms. The van der Waals surface area contributed by atoms with Crippen LogP contribution in [0.25, 0.3) is 22.5 Å². The van der Waals surface area contributed by atoms with Crippen molar-refractivity contribution in [1.29, 1.82) is 0 Å². The maximum absolute atomic E-state index is 12.5. The predicted molar refractivity (Wildman–Crippen MR) is 98.5 cm³/mol. The summed E-state index contributed by atoms with van der Waals surface area (Å²) in [4.78, 5) is 13.5. The van der Waals surface area contributed by atoms with Gasteiger partial charge in [0, 0.05) is 5.56 Å². The van der Waals surface area contributed by atoms with Crippen LogP contribution in [0, 0.1) is 0 Å². The van der Waals surface area contributed by atoms with Crippen LogP contribution in [-0.4, -0.2) is 21.3 Å². The van der Waals surface area contributed by atoms with E-state index in [1.165, 1.54) is 25.5 Å². The lowest BCUT2D eigenvalue weighted by Gasteiger charge is -2.08. The first-order valence-corrected chi connectivity index (χ1v) is 8.27. The van der Waals surface area contributed by atoms with Crippen LogP contribution in [0.15, 0.2) is 65.5 Å². The van der Waals surface area contributed by atoms with Crippen molar-refractivity contribution in [2.24, 2.45) is 0 Å². The summed E-state index contributed by atoms with van der Waals surface area (Å²) in [5.74, 6) is -0.229. The molecule has 0 fully saturated rings. The highest BCUT2D eigenvalue weighted by Gasteiger charge is 2.29. The Labute approximate surface area is 159 Å². The highest BCUT2D eigenvalue weighted by Crippen LogP contribution is 2.31. The van der Waals surface area contributed by atoms with E-state index in [0.717, 1.165) is 28.8 Å². The molecular formula is C19H16F3NO3S. The molecule has 0 aliphatic heterocycles. The van der Waals surface area contributed by atoms with Crippen molar-refractivity contribution in [3.63, 3.8) is 0 Å². The lowest BCUT2D eigenvalue weighted by atomic mass is 10.0. The first kappa shape index (κ1) is 20.6. The summed E-state index contributed by atoms with van der Waals surface area (Å²) >= 11 is 3.59. The number of benzene rings is 2. The molecule has 27 heavy (non-hydrogen) atoms. The van der Waals surface area contributed by atoms with Gasteiger partial charge in [-0.25, -0.2) is 4.98 Å². The second kappa shape index (κ2) is 8.77. The molecule has 3 rings (SSSR count). The number of thiol groups is 1. The Hall–Kier alpha value is -2.74. The van der Waals surface area contributed by atoms with Gasteiger partial charge in [0.15, 0.2) is 12.2 Å². The van der Waals surface area contributed by atoms with Crippen LogP contribution >= 0.6 is 12.6 Å². The monoisotopic (exact) mass is 395 g/mol. The minimum absolute atomic E-state index is 0.537. The second-order valence-electron chi connectivity index (χ2n) is 5.53. The molecule has 1 heterocycles. The second-order valence-corrected chi connectivity index (χ2v) is 6.31. The van der Waals surface area contributed by atoms with E-state index < -0.39 is 23.0 Å². The van der Waals surface area contributed by atoms with Gasteiger partial charge in [0.2, 0.25) is 0 Å². The Kier molecular flexibility index (Phi) is 6.68. The van der Waals surface area contributed by atoms with Crippen LogP contribution in [0.4, 0.5) is 13.2 Å². The molecule has 0 amide bonds. The molecule has 4 nitrogen and oxygen atoms in total. The van der Waals surface area contributed by atoms with E-state index in [-0.39, 0.29) is 0 Å². The number of carbonyl (C=O) groups is 1. The highest BCUT2D eigenvalue weighted by atomic mass is 32.1. The van der Waals surface area contributed by atoms with Crippen molar-refractivity contribution >= 4 is 18.6 Å². The molecule has 0 saturated heterocycles. The molecule has 0 aliphatic carbocycles. The SMILES string of the molecule is CC(S)C(=O)O.FC(F)(F)c1ccc(-c2ccc(-c3cnco3)cc2)cc1. The molecule has 3 aromatic rings. The lowest BCUT2D eigenvalue weighted by molar-refractivity contribution is -0.138. The summed E-state index contributed by atoms with van der Waals surface area (Å²) in [5, 5.41) is 7.38. The highest BCUT2D eigenvalue weighted by molar-refractivity contribution is 7.81. The summed E-state index contributed by atoms with van der Waals surface area (Å²) in [7, 11) is 0. The summed E-state index contributed by atoms with van der Waals surface area (Å²) in [6.45, 7) is 1.51. The Balaban J connectivity index is 0.000000380. The van der Waals surface area contributed by atoms with Crippen LogP contribution in [-0.2, 0) is 11.0 Å². The fraction of sp³-hybridized carbons (Fsp3) is 0.158. The quantitative estimate of drug-likeness (QED) is 0.582. The average molecular weight is 395 g/mol. The van der Waals surface area contributed by atoms with Crippen molar-refractivity contribution in [1.82, 2.24) is 4.98 Å². The van der Waals surface area contributed by atoms with Gasteiger partial charge in [-0.05, 0) is 30.2 Å². The van der Waals surface area contributed by atoms with Crippen LogP contribution in [0.3, 0.4) is 0 Å². The molecule has 1 unspecified atom stereocenters. The van der Waals surface area contributed by atoms with Crippen LogP contribution < -0.4 is 0 Å². The van der Waals surface area contributed by atoms with E-state index in [1.807, 2.05) is 24.3 Å². The fourth-order valence-electron chi connectivity index (χ4n) is 2.04. The van der Waals surface area contributed by atoms with E-state index in [0.29, 0.717) is 5.76 Å². The maximum Gasteiger partial charge on any atom is 0.416 e. The number of hydrogen-bond acceptors (Lipinski definition) is 4. The van der Waals surface area contributed by atoms with Crippen molar-refractivity contribution in [3.8, 4) is 22.5 Å². The Bertz CT molecular complexity index is 859. The number of aliphatic carboxylic acids is 1. The van der Waals surface area contributed by atoms with Gasteiger partial charge in [-0.1, -0.05) is 36.4 Å². The maximum atomic E-state index is 12.5. The average Bonchev–Trinajstić information content (AvgIpc) is 3.16. The zero-order chi connectivity index (χ0) is 20.0. The summed E-state index contributed by atoms with van der Waals surface area (Å²) in [5.41, 5.74) is 1.78. The molecule has 142 valence electrons. The van der Waals surface area contributed by atoms with E-state index in [4.69, 9.17) is 9.52 Å². The molecule has 0 saturated carbocycles. The summed E-state index contributed by atoms with van der Waals surface area (Å²) < 4.78 is 42.7. The zero-order valence-corrected chi connectivity index (χ0v) is 15.0. The largest absolute Gasteiger partial charge is 0.480 e. The minimum atomic E-state index is -4.31. The van der Waals surface area contributed by atoms with E-state index in [2.05, 4.69) is 17.6 Å². The van der Waals surface area contributed by atoms with Gasteiger partial charge in [-0.2, -0.15) is 25.8 Å². The third-order valence-corrected chi connectivity index (χ3v) is 3.73. The standard InChI is InChI=1S/C16H10F3NO.C3H6O2S/c17-16(18,19)14-7-5-12(6-8-14)11-1-3-13(4-2-11)15-9-20-10-21-15;1-2(6)3(4)5/h1-10H;2,6H,1H3,(H,4,5). The van der Waals surface area contributed by atoms with Gasteiger partial charge < -0.3 is 9.52 Å². The van der Waals surface area contributed by atoms with Gasteiger partial charge in [0.05, 0.1) is 17.0 Å². The topological polar surface area (TPSA) is 63.3 Å². The smallest absolute Gasteiger partial charge is 0.416 e. The molecule has 0 spiro atoms. The Morgan fingerprint density at radius 3 is 1.85 bits per heavy atom. The fourth-order valence-corrected chi connectivity index (χ4v) is 2.04. The number of rotatable bonds is 3. The summed E-state index contributed by atoms with van der Waals surface area (Å²) in [6, 6.07) is 12.4. The van der Waals surface area contributed by atoms with Gasteiger partial charge >= 0.3 is 12.1 Å². The molecule has 8 heteroatoms. The zero-order valence-electron chi connectivity index (χ0n) is 14.1. The number of oxazole rings is 1. The first-order valence-electron chi connectivity index (χ1n) is 7.76. The van der Waals surface area contributed by atoms with Crippen LogP contribution in [0.2, 0.25) is 0 Å². The Morgan fingerprint density at radius 2 is 1.48 bits per heavy atom. The van der Waals surface area contributed by atoms with Crippen molar-refractivity contribution < 1.29 is 27.5 Å². The third kappa shape index (κ3) is 5.89. The van der Waals surface area contributed by atoms with Gasteiger partial charge in [-0.15, -0.1) is 0 Å². The van der Waals surface area contributed by atoms with Crippen LogP contribution in [0.5, 0.6) is 0 Å². The van der Waals surface area contributed by atoms with Crippen molar-refractivity contribution in [2.75, 3.05) is 0 Å². The normalized spacial score (nSPS) is 12.0. The molecule has 1 atom stereocenters. The van der Waals surface area contributed by atoms with Crippen LogP contribution in [0.1, 0.15) is 12.5 Å². The number of carboxylic acids is 1. The van der Waals surface area contributed by atoms with Crippen molar-refractivity contribution in [3.05, 3.63) is 66.7 Å². The van der Waals surface area contributed by atoms with E-state index in [9.17, 15) is 18.0 Å². The number of hydrogen-bond donors (Lipinski definition) is 2. The molecule has 0 radical (unpaired) electrons. The summed E-state index contributed by atoms with van der Waals surface area (Å²) in [6.07, 6.45) is -1.36. The molecule has 1 N–H and O–H groups in total. The Morgan fingerprint density at radius 1 is 1.04 bits per heavy atom. The number of nitrogens with zero attached hydrogens (tertiary/aromatic N) is 1. The third-order valence-electron chi connectivity index (χ3n) is 3.50. The minimum Gasteiger partial charge on any atom is -0.480 e. The molecule has 0 aliphatic rings. The van der Waals surface area contributed by atoms with E-state index >= 15 is 0 Å². The van der Waals surface area contributed by atoms with Crippen molar-refractivity contribution in [2.45, 2.75) is 18.3 Å². The van der Waals surface area contributed by atoms with Gasteiger partial charge in [0.25, 0.3) is 0 Å². The number of carboxylic acid groups (broad SMARTS) is 1. The molecule has 2 aromatic carbocycles. The predicted octanol–water partition coefficient (Wildman–Crippen LogP) is 5.42. The number of halogens is 3. The van der Waals surface area contributed by atoms with Gasteiger partial charge in [-0.3, -0.25) is 4.79 Å². The number of alkyl halides is 3.